The first-order valence-corrected chi connectivity index (χ1v) is 11.8. The summed E-state index contributed by atoms with van der Waals surface area (Å²) in [6.07, 6.45) is 1.14. The van der Waals surface area contributed by atoms with Gasteiger partial charge in [-0.1, -0.05) is 24.3 Å². The molecule has 0 saturated carbocycles. The SMILES string of the molecule is COc1ccc(Nc2nc(Nc3ccc(CNS(C)(=O)=O)cc3)nc3ccccc23)cc1.Cl. The van der Waals surface area contributed by atoms with Gasteiger partial charge in [-0.25, -0.2) is 18.1 Å². The highest BCUT2D eigenvalue weighted by molar-refractivity contribution is 7.88. The topological polar surface area (TPSA) is 105 Å². The summed E-state index contributed by atoms with van der Waals surface area (Å²) in [5, 5.41) is 7.47. The van der Waals surface area contributed by atoms with Crippen LogP contribution in [0.3, 0.4) is 0 Å². The molecule has 1 aromatic heterocycles. The molecule has 0 fully saturated rings. The van der Waals surface area contributed by atoms with Gasteiger partial charge < -0.3 is 15.4 Å². The number of nitrogens with zero attached hydrogens (tertiary/aromatic N) is 2. The van der Waals surface area contributed by atoms with Crippen LogP contribution in [0.4, 0.5) is 23.1 Å². The maximum Gasteiger partial charge on any atom is 0.229 e. The molecule has 0 aliphatic heterocycles. The second-order valence-electron chi connectivity index (χ2n) is 7.18. The lowest BCUT2D eigenvalue weighted by Gasteiger charge is -2.12. The van der Waals surface area contributed by atoms with Gasteiger partial charge in [0.25, 0.3) is 0 Å². The Labute approximate surface area is 198 Å². The lowest BCUT2D eigenvalue weighted by molar-refractivity contribution is 0.415. The zero-order valence-corrected chi connectivity index (χ0v) is 19.7. The normalized spacial score (nSPS) is 11.0. The average molecular weight is 486 g/mol. The van der Waals surface area contributed by atoms with Crippen LogP contribution in [-0.2, 0) is 16.6 Å². The first kappa shape index (κ1) is 24.2. The van der Waals surface area contributed by atoms with Crippen molar-refractivity contribution in [1.29, 1.82) is 0 Å². The van der Waals surface area contributed by atoms with Gasteiger partial charge in [0.2, 0.25) is 16.0 Å². The van der Waals surface area contributed by atoms with Crippen molar-refractivity contribution in [3.8, 4) is 5.75 Å². The molecule has 3 N–H and O–H groups in total. The number of hydrogen-bond acceptors (Lipinski definition) is 7. The number of ether oxygens (including phenoxy) is 1. The van der Waals surface area contributed by atoms with Gasteiger partial charge in [0, 0.05) is 23.3 Å². The number of benzene rings is 3. The van der Waals surface area contributed by atoms with Gasteiger partial charge in [-0.2, -0.15) is 4.98 Å². The molecule has 1 heterocycles. The van der Waals surface area contributed by atoms with Gasteiger partial charge in [-0.3, -0.25) is 0 Å². The van der Waals surface area contributed by atoms with E-state index in [1.807, 2.05) is 72.8 Å². The van der Waals surface area contributed by atoms with Gasteiger partial charge in [0.05, 0.1) is 18.9 Å². The van der Waals surface area contributed by atoms with E-state index >= 15 is 0 Å². The summed E-state index contributed by atoms with van der Waals surface area (Å²) in [5.74, 6) is 1.90. The molecule has 0 aliphatic rings. The molecule has 4 rings (SSSR count). The fraction of sp³-hybridized carbons (Fsp3) is 0.130. The van der Waals surface area contributed by atoms with E-state index in [0.29, 0.717) is 11.8 Å². The largest absolute Gasteiger partial charge is 0.497 e. The quantitative estimate of drug-likeness (QED) is 0.335. The number of aromatic nitrogens is 2. The Kier molecular flexibility index (Phi) is 7.70. The third-order valence-corrected chi connectivity index (χ3v) is 5.37. The lowest BCUT2D eigenvalue weighted by Crippen LogP contribution is -2.21. The number of methoxy groups -OCH3 is 1. The maximum absolute atomic E-state index is 11.3. The van der Waals surface area contributed by atoms with Crippen LogP contribution in [0.25, 0.3) is 10.9 Å². The molecule has 0 amide bonds. The minimum Gasteiger partial charge on any atom is -0.497 e. The minimum absolute atomic E-state index is 0. The van der Waals surface area contributed by atoms with Crippen LogP contribution >= 0.6 is 12.4 Å². The predicted octanol–water partition coefficient (Wildman–Crippen LogP) is 4.60. The van der Waals surface area contributed by atoms with E-state index in [2.05, 4.69) is 25.3 Å². The number of nitrogens with one attached hydrogen (secondary N) is 3. The van der Waals surface area contributed by atoms with Gasteiger partial charge in [0.15, 0.2) is 0 Å². The molecule has 33 heavy (non-hydrogen) atoms. The van der Waals surface area contributed by atoms with Crippen LogP contribution in [0.5, 0.6) is 5.75 Å². The number of fused-ring (bicyclic) bond motifs is 1. The van der Waals surface area contributed by atoms with Crippen molar-refractivity contribution in [2.45, 2.75) is 6.54 Å². The zero-order chi connectivity index (χ0) is 22.6. The first-order chi connectivity index (χ1) is 15.4. The summed E-state index contributed by atoms with van der Waals surface area (Å²) >= 11 is 0. The van der Waals surface area contributed by atoms with Crippen molar-refractivity contribution >= 4 is 56.5 Å². The molecule has 3 aromatic carbocycles. The van der Waals surface area contributed by atoms with E-state index in [1.54, 1.807) is 7.11 Å². The third-order valence-electron chi connectivity index (χ3n) is 4.70. The van der Waals surface area contributed by atoms with Gasteiger partial charge in [-0.15, -0.1) is 12.4 Å². The Morgan fingerprint density at radius 2 is 1.48 bits per heavy atom. The van der Waals surface area contributed by atoms with Crippen LogP contribution in [0.1, 0.15) is 5.56 Å². The maximum atomic E-state index is 11.3. The van der Waals surface area contributed by atoms with E-state index < -0.39 is 10.0 Å². The smallest absolute Gasteiger partial charge is 0.229 e. The van der Waals surface area contributed by atoms with Crippen LogP contribution in [-0.4, -0.2) is 31.8 Å². The molecule has 10 heteroatoms. The van der Waals surface area contributed by atoms with Crippen molar-refractivity contribution in [3.63, 3.8) is 0 Å². The Morgan fingerprint density at radius 1 is 0.848 bits per heavy atom. The standard InChI is InChI=1S/C23H23N5O3S.ClH/c1-31-19-13-11-17(12-14-19)25-22-20-5-3-4-6-21(20)27-23(28-22)26-18-9-7-16(8-10-18)15-24-32(2,29)30;/h3-14,24H,15H2,1-2H3,(H2,25,26,27,28);1H. The zero-order valence-electron chi connectivity index (χ0n) is 18.1. The highest BCUT2D eigenvalue weighted by atomic mass is 35.5. The van der Waals surface area contributed by atoms with Crippen molar-refractivity contribution in [2.75, 3.05) is 24.0 Å². The molecule has 4 aromatic rings. The molecule has 0 bridgehead atoms. The van der Waals surface area contributed by atoms with Crippen LogP contribution in [0.2, 0.25) is 0 Å². The van der Waals surface area contributed by atoms with Crippen LogP contribution in [0, 0.1) is 0 Å². The monoisotopic (exact) mass is 485 g/mol. The van der Waals surface area contributed by atoms with Gasteiger partial charge >= 0.3 is 0 Å². The Bertz CT molecular complexity index is 1330. The van der Waals surface area contributed by atoms with Crippen molar-refractivity contribution < 1.29 is 13.2 Å². The number of rotatable bonds is 8. The molecule has 0 radical (unpaired) electrons. The number of sulfonamides is 1. The summed E-state index contributed by atoms with van der Waals surface area (Å²) in [6, 6.07) is 22.8. The molecule has 172 valence electrons. The highest BCUT2D eigenvalue weighted by Crippen LogP contribution is 2.27. The molecule has 0 aliphatic carbocycles. The second kappa shape index (κ2) is 10.5. The Balaban J connectivity index is 0.00000306. The van der Waals surface area contributed by atoms with Gasteiger partial charge in [0.1, 0.15) is 11.6 Å². The number of halogens is 1. The van der Waals surface area contributed by atoms with Crippen molar-refractivity contribution in [3.05, 3.63) is 78.4 Å². The van der Waals surface area contributed by atoms with E-state index in [9.17, 15) is 8.42 Å². The molecule has 0 saturated heterocycles. The molecule has 0 spiro atoms. The predicted molar refractivity (Wildman–Crippen MR) is 134 cm³/mol. The number of para-hydroxylation sites is 1. The van der Waals surface area contributed by atoms with E-state index in [0.717, 1.165) is 39.8 Å². The highest BCUT2D eigenvalue weighted by Gasteiger charge is 2.09. The fourth-order valence-corrected chi connectivity index (χ4v) is 3.52. The molecule has 8 nitrogen and oxygen atoms in total. The first-order valence-electron chi connectivity index (χ1n) is 9.88. The molecule has 0 atom stereocenters. The van der Waals surface area contributed by atoms with E-state index in [1.165, 1.54) is 0 Å². The average Bonchev–Trinajstić information content (AvgIpc) is 2.79. The van der Waals surface area contributed by atoms with Crippen LogP contribution < -0.4 is 20.1 Å². The number of hydrogen-bond donors (Lipinski definition) is 3. The van der Waals surface area contributed by atoms with E-state index in [-0.39, 0.29) is 19.0 Å². The summed E-state index contributed by atoms with van der Waals surface area (Å²) in [6.45, 7) is 0.238. The molecular formula is C23H24ClN5O3S. The number of anilines is 4. The summed E-state index contributed by atoms with van der Waals surface area (Å²) < 4.78 is 30.2. The van der Waals surface area contributed by atoms with Gasteiger partial charge in [-0.05, 0) is 54.1 Å². The second-order valence-corrected chi connectivity index (χ2v) is 9.01. The molecular weight excluding hydrogens is 462 g/mol. The lowest BCUT2D eigenvalue weighted by atomic mass is 10.2. The van der Waals surface area contributed by atoms with Crippen LogP contribution in [0.15, 0.2) is 72.8 Å². The molecule has 0 unspecified atom stereocenters. The summed E-state index contributed by atoms with van der Waals surface area (Å²) in [4.78, 5) is 9.29. The van der Waals surface area contributed by atoms with Crippen molar-refractivity contribution in [1.82, 2.24) is 14.7 Å². The minimum atomic E-state index is -3.24. The van der Waals surface area contributed by atoms with E-state index in [4.69, 9.17) is 4.74 Å². The Morgan fingerprint density at radius 3 is 2.15 bits per heavy atom. The third kappa shape index (κ3) is 6.55. The summed E-state index contributed by atoms with van der Waals surface area (Å²) in [7, 11) is -1.60. The fourth-order valence-electron chi connectivity index (χ4n) is 3.09. The van der Waals surface area contributed by atoms with Crippen molar-refractivity contribution in [2.24, 2.45) is 0 Å². The Hall–Kier alpha value is -3.40. The summed E-state index contributed by atoms with van der Waals surface area (Å²) in [5.41, 5.74) is 3.32.